The Morgan fingerprint density at radius 2 is 2.29 bits per heavy atom. The van der Waals surface area contributed by atoms with Gasteiger partial charge in [0.15, 0.2) is 0 Å². The van der Waals surface area contributed by atoms with Crippen LogP contribution in [0.2, 0.25) is 0 Å². The largest absolute Gasteiger partial charge is 0.389 e. The number of rotatable bonds is 2. The van der Waals surface area contributed by atoms with E-state index in [1.807, 2.05) is 0 Å². The molecule has 1 atom stereocenters. The maximum atomic E-state index is 10.7. The Balaban J connectivity index is 3.61. The van der Waals surface area contributed by atoms with Gasteiger partial charge in [-0.15, -0.1) is 0 Å². The third-order valence-corrected chi connectivity index (χ3v) is 4.84. The van der Waals surface area contributed by atoms with Crippen LogP contribution in [0.5, 0.6) is 0 Å². The fourth-order valence-electron chi connectivity index (χ4n) is 0.0378. The lowest BCUT2D eigenvalue weighted by Crippen LogP contribution is -1.84. The number of alkyl halides is 1. The van der Waals surface area contributed by atoms with E-state index in [0.717, 1.165) is 0 Å². The molecule has 1 unspecified atom stereocenters. The summed E-state index contributed by atoms with van der Waals surface area (Å²) in [6.45, 7) is 1.56. The van der Waals surface area contributed by atoms with Crippen LogP contribution in [0.3, 0.4) is 0 Å². The van der Waals surface area contributed by atoms with Crippen LogP contribution < -0.4 is 0 Å². The highest BCUT2D eigenvalue weighted by molar-refractivity contribution is 9.10. The van der Waals surface area contributed by atoms with Gasteiger partial charge in [-0.05, 0) is 6.66 Å². The van der Waals surface area contributed by atoms with Gasteiger partial charge in [0.25, 0.3) is 0 Å². The fraction of sp³-hybridized carbons (Fsp3) is 1.00. The van der Waals surface area contributed by atoms with Crippen molar-refractivity contribution in [2.75, 3.05) is 18.1 Å². The molecular weight excluding hydrogens is 179 g/mol. The molecule has 44 valence electrons. The van der Waals surface area contributed by atoms with Crippen LogP contribution in [0.15, 0.2) is 0 Å². The SMILES string of the molecule is CP(=O)(CO)CBr. The van der Waals surface area contributed by atoms with Gasteiger partial charge in [-0.1, -0.05) is 15.9 Å². The first-order valence-corrected chi connectivity index (χ1v) is 5.49. The lowest BCUT2D eigenvalue weighted by molar-refractivity contribution is 0.359. The lowest BCUT2D eigenvalue weighted by atomic mass is 11.7. The minimum Gasteiger partial charge on any atom is -0.389 e. The smallest absolute Gasteiger partial charge is 0.119 e. The number of hydrogen-bond donors (Lipinski definition) is 1. The zero-order valence-electron chi connectivity index (χ0n) is 4.09. The van der Waals surface area contributed by atoms with E-state index in [2.05, 4.69) is 15.9 Å². The van der Waals surface area contributed by atoms with E-state index >= 15 is 0 Å². The summed E-state index contributed by atoms with van der Waals surface area (Å²) in [5, 5.41) is 8.71. The topological polar surface area (TPSA) is 37.3 Å². The third kappa shape index (κ3) is 3.27. The molecule has 1 N–H and O–H groups in total. The van der Waals surface area contributed by atoms with Crippen molar-refractivity contribution >= 4 is 23.1 Å². The Bertz CT molecular complexity index is 84.9. The summed E-state index contributed by atoms with van der Waals surface area (Å²) in [6.07, 6.45) is -0.196. The second-order valence-electron chi connectivity index (χ2n) is 1.56. The molecule has 2 nitrogen and oxygen atoms in total. The normalized spacial score (nSPS) is 18.7. The van der Waals surface area contributed by atoms with Crippen molar-refractivity contribution in [1.82, 2.24) is 0 Å². The first-order valence-electron chi connectivity index (χ1n) is 1.85. The van der Waals surface area contributed by atoms with Crippen LogP contribution in [0, 0.1) is 0 Å². The van der Waals surface area contributed by atoms with Gasteiger partial charge in [-0.3, -0.25) is 0 Å². The molecule has 0 aliphatic rings. The van der Waals surface area contributed by atoms with Crippen molar-refractivity contribution in [3.05, 3.63) is 0 Å². The molecule has 0 aliphatic heterocycles. The molecular formula is C3H8BrO2P. The molecule has 0 rings (SSSR count). The molecule has 0 spiro atoms. The monoisotopic (exact) mass is 186 g/mol. The summed E-state index contributed by atoms with van der Waals surface area (Å²) in [4.78, 5) is 0. The van der Waals surface area contributed by atoms with E-state index in [1.54, 1.807) is 6.66 Å². The predicted molar refractivity (Wildman–Crippen MR) is 34.4 cm³/mol. The molecule has 0 radical (unpaired) electrons. The number of hydrogen-bond acceptors (Lipinski definition) is 2. The van der Waals surface area contributed by atoms with E-state index < -0.39 is 7.14 Å². The summed E-state index contributed by atoms with van der Waals surface area (Å²) < 4.78 is 10.7. The number of halogens is 1. The fourth-order valence-corrected chi connectivity index (χ4v) is 0.589. The van der Waals surface area contributed by atoms with Gasteiger partial charge >= 0.3 is 0 Å². The molecule has 0 fully saturated rings. The average molecular weight is 187 g/mol. The second kappa shape index (κ2) is 2.85. The predicted octanol–water partition coefficient (Wildman–Crippen LogP) is 1.28. The Labute approximate surface area is 51.4 Å². The molecule has 0 aromatic rings. The van der Waals surface area contributed by atoms with Crippen molar-refractivity contribution < 1.29 is 9.67 Å². The van der Waals surface area contributed by atoms with Gasteiger partial charge in [0, 0.05) is 0 Å². The van der Waals surface area contributed by atoms with Crippen LogP contribution in [0.1, 0.15) is 0 Å². The van der Waals surface area contributed by atoms with Crippen LogP contribution >= 0.6 is 23.1 Å². The summed E-state index contributed by atoms with van der Waals surface area (Å²) in [5.74, 6) is 0. The van der Waals surface area contributed by atoms with Crippen molar-refractivity contribution in [3.63, 3.8) is 0 Å². The van der Waals surface area contributed by atoms with Crippen LogP contribution in [0.4, 0.5) is 0 Å². The second-order valence-corrected chi connectivity index (χ2v) is 6.18. The van der Waals surface area contributed by atoms with Crippen molar-refractivity contribution in [3.8, 4) is 0 Å². The Kier molecular flexibility index (Phi) is 3.13. The summed E-state index contributed by atoms with van der Waals surface area (Å²) in [6, 6.07) is 0. The van der Waals surface area contributed by atoms with Crippen LogP contribution in [-0.4, -0.2) is 23.2 Å². The molecule has 0 saturated heterocycles. The zero-order chi connectivity index (χ0) is 5.91. The Morgan fingerprint density at radius 3 is 2.29 bits per heavy atom. The molecule has 0 saturated carbocycles. The van der Waals surface area contributed by atoms with Crippen LogP contribution in [-0.2, 0) is 4.57 Å². The van der Waals surface area contributed by atoms with E-state index in [4.69, 9.17) is 5.11 Å². The van der Waals surface area contributed by atoms with Gasteiger partial charge in [0.2, 0.25) is 0 Å². The van der Waals surface area contributed by atoms with Gasteiger partial charge in [0.05, 0.1) is 11.4 Å². The van der Waals surface area contributed by atoms with Crippen LogP contribution in [0.25, 0.3) is 0 Å². The van der Waals surface area contributed by atoms with Crippen molar-refractivity contribution in [2.45, 2.75) is 0 Å². The van der Waals surface area contributed by atoms with Gasteiger partial charge in [0.1, 0.15) is 7.14 Å². The molecule has 0 aromatic heterocycles. The van der Waals surface area contributed by atoms with Crippen molar-refractivity contribution in [1.29, 1.82) is 0 Å². The minimum atomic E-state index is -2.18. The number of aliphatic hydroxyl groups excluding tert-OH is 1. The third-order valence-electron chi connectivity index (χ3n) is 0.552. The van der Waals surface area contributed by atoms with E-state index in [0.29, 0.717) is 5.07 Å². The highest BCUT2D eigenvalue weighted by Crippen LogP contribution is 2.40. The zero-order valence-corrected chi connectivity index (χ0v) is 6.58. The highest BCUT2D eigenvalue weighted by atomic mass is 79.9. The first-order chi connectivity index (χ1) is 3.12. The lowest BCUT2D eigenvalue weighted by Gasteiger charge is -2.00. The van der Waals surface area contributed by atoms with E-state index in [1.165, 1.54) is 0 Å². The summed E-state index contributed by atoms with van der Waals surface area (Å²) >= 11 is 3.01. The molecule has 0 heterocycles. The summed E-state index contributed by atoms with van der Waals surface area (Å²) in [7, 11) is -2.18. The molecule has 0 bridgehead atoms. The van der Waals surface area contributed by atoms with Crippen molar-refractivity contribution in [2.24, 2.45) is 0 Å². The first kappa shape index (κ1) is 7.67. The summed E-state index contributed by atoms with van der Waals surface area (Å²) in [5.41, 5.74) is 0. The molecule has 0 aliphatic carbocycles. The number of aliphatic hydroxyl groups is 1. The van der Waals surface area contributed by atoms with Gasteiger partial charge < -0.3 is 9.67 Å². The highest BCUT2D eigenvalue weighted by Gasteiger charge is 2.08. The molecule has 0 aromatic carbocycles. The van der Waals surface area contributed by atoms with Gasteiger partial charge in [-0.2, -0.15) is 0 Å². The van der Waals surface area contributed by atoms with E-state index in [9.17, 15) is 4.57 Å². The quantitative estimate of drug-likeness (QED) is 0.522. The molecule has 0 amide bonds. The van der Waals surface area contributed by atoms with Gasteiger partial charge in [-0.25, -0.2) is 0 Å². The maximum Gasteiger partial charge on any atom is 0.119 e. The Hall–Kier alpha value is 0.670. The molecule has 7 heavy (non-hydrogen) atoms. The minimum absolute atomic E-state index is 0.196. The standard InChI is InChI=1S/C3H8BrO2P/c1-7(6,2-4)3-5/h5H,2-3H2,1H3. The Morgan fingerprint density at radius 1 is 1.86 bits per heavy atom. The maximum absolute atomic E-state index is 10.7. The van der Waals surface area contributed by atoms with E-state index in [-0.39, 0.29) is 6.35 Å². The average Bonchev–Trinajstić information content (AvgIpc) is 1.68. The molecule has 4 heteroatoms.